The quantitative estimate of drug-likeness (QED) is 0.118. The predicted molar refractivity (Wildman–Crippen MR) is 157 cm³/mol. The number of allylic oxidation sites excluding steroid dienone is 4. The molecule has 0 atom stereocenters. The fourth-order valence-corrected chi connectivity index (χ4v) is 6.41. The first kappa shape index (κ1) is 30.1. The SMILES string of the molecule is C=C/C=C(/C1=C(c2ccc3[nH]c(CN4CC(CF)C4)cc3c2)c2ccc(OS(=O)(=O)C(F)(F)F)cc2CCC1)C(C)C. The van der Waals surface area contributed by atoms with Crippen LogP contribution in [-0.4, -0.2) is 43.6 Å². The zero-order valence-electron chi connectivity index (χ0n) is 23.6. The van der Waals surface area contributed by atoms with E-state index in [1.165, 1.54) is 12.1 Å². The van der Waals surface area contributed by atoms with Crippen LogP contribution in [0.15, 0.2) is 72.3 Å². The highest BCUT2D eigenvalue weighted by Gasteiger charge is 2.48. The van der Waals surface area contributed by atoms with Crippen LogP contribution in [0.1, 0.15) is 49.1 Å². The van der Waals surface area contributed by atoms with Crippen molar-refractivity contribution in [2.75, 3.05) is 19.8 Å². The number of hydrogen-bond donors (Lipinski definition) is 1. The number of nitrogens with one attached hydrogen (secondary N) is 1. The molecule has 1 aliphatic carbocycles. The van der Waals surface area contributed by atoms with E-state index in [9.17, 15) is 26.0 Å². The predicted octanol–water partition coefficient (Wildman–Crippen LogP) is 7.70. The van der Waals surface area contributed by atoms with Gasteiger partial charge in [-0.3, -0.25) is 9.29 Å². The number of halogens is 4. The highest BCUT2D eigenvalue weighted by Crippen LogP contribution is 2.42. The summed E-state index contributed by atoms with van der Waals surface area (Å²) in [6, 6.07) is 12.6. The monoisotopic (exact) mass is 602 g/mol. The van der Waals surface area contributed by atoms with Crippen molar-refractivity contribution in [2.45, 2.75) is 45.2 Å². The van der Waals surface area contributed by atoms with Gasteiger partial charge in [0.1, 0.15) is 5.75 Å². The van der Waals surface area contributed by atoms with Crippen molar-refractivity contribution in [3.8, 4) is 5.75 Å². The van der Waals surface area contributed by atoms with E-state index in [4.69, 9.17) is 0 Å². The van der Waals surface area contributed by atoms with E-state index in [-0.39, 0.29) is 24.3 Å². The van der Waals surface area contributed by atoms with Gasteiger partial charge < -0.3 is 9.17 Å². The van der Waals surface area contributed by atoms with E-state index in [1.54, 1.807) is 12.1 Å². The van der Waals surface area contributed by atoms with Crippen molar-refractivity contribution < 1.29 is 30.2 Å². The Bertz CT molecular complexity index is 1660. The Labute approximate surface area is 243 Å². The van der Waals surface area contributed by atoms with E-state index >= 15 is 0 Å². The third-order valence-electron chi connectivity index (χ3n) is 7.89. The second-order valence-corrected chi connectivity index (χ2v) is 12.9. The van der Waals surface area contributed by atoms with Crippen LogP contribution in [0, 0.1) is 11.8 Å². The molecule has 0 unspecified atom stereocenters. The molecule has 10 heteroatoms. The Morgan fingerprint density at radius 2 is 1.90 bits per heavy atom. The van der Waals surface area contributed by atoms with E-state index in [0.717, 1.165) is 70.4 Å². The number of aryl methyl sites for hydroxylation is 1. The molecular weight excluding hydrogens is 568 g/mol. The molecule has 5 rings (SSSR count). The van der Waals surface area contributed by atoms with Gasteiger partial charge in [-0.25, -0.2) is 0 Å². The van der Waals surface area contributed by atoms with Gasteiger partial charge in [0.15, 0.2) is 0 Å². The molecule has 1 aromatic heterocycles. The topological polar surface area (TPSA) is 62.4 Å². The van der Waals surface area contributed by atoms with Crippen LogP contribution in [0.4, 0.5) is 17.6 Å². The molecule has 224 valence electrons. The number of aromatic nitrogens is 1. The van der Waals surface area contributed by atoms with Gasteiger partial charge in [-0.15, -0.1) is 0 Å². The Morgan fingerprint density at radius 3 is 2.57 bits per heavy atom. The van der Waals surface area contributed by atoms with Gasteiger partial charge in [0.2, 0.25) is 0 Å². The number of H-pyrrole nitrogens is 1. The first-order chi connectivity index (χ1) is 19.9. The number of alkyl halides is 4. The summed E-state index contributed by atoms with van der Waals surface area (Å²) in [5.74, 6) is -0.0763. The number of nitrogens with zero attached hydrogens (tertiary/aromatic N) is 1. The summed E-state index contributed by atoms with van der Waals surface area (Å²) in [5, 5.41) is 1.01. The van der Waals surface area contributed by atoms with Crippen LogP contribution in [0.2, 0.25) is 0 Å². The van der Waals surface area contributed by atoms with Crippen molar-refractivity contribution in [1.29, 1.82) is 0 Å². The molecule has 1 aliphatic heterocycles. The van der Waals surface area contributed by atoms with Crippen LogP contribution in [0.25, 0.3) is 16.5 Å². The molecule has 1 N–H and O–H groups in total. The number of benzene rings is 2. The van der Waals surface area contributed by atoms with Gasteiger partial charge in [0.05, 0.1) is 6.67 Å². The van der Waals surface area contributed by atoms with Crippen molar-refractivity contribution in [3.63, 3.8) is 0 Å². The lowest BCUT2D eigenvalue weighted by Crippen LogP contribution is -2.46. The van der Waals surface area contributed by atoms with Gasteiger partial charge in [-0.2, -0.15) is 21.6 Å². The van der Waals surface area contributed by atoms with Gasteiger partial charge in [0.25, 0.3) is 0 Å². The van der Waals surface area contributed by atoms with Crippen LogP contribution in [-0.2, 0) is 23.1 Å². The molecule has 0 saturated carbocycles. The number of likely N-dealkylation sites (tertiary alicyclic amines) is 1. The van der Waals surface area contributed by atoms with E-state index in [0.29, 0.717) is 18.5 Å². The molecule has 2 aromatic carbocycles. The maximum atomic E-state index is 13.0. The highest BCUT2D eigenvalue weighted by atomic mass is 32.2. The van der Waals surface area contributed by atoms with Crippen LogP contribution in [0.5, 0.6) is 5.75 Å². The van der Waals surface area contributed by atoms with Crippen molar-refractivity contribution in [3.05, 3.63) is 94.7 Å². The zero-order valence-corrected chi connectivity index (χ0v) is 24.4. The summed E-state index contributed by atoms with van der Waals surface area (Å²) in [6.07, 6.45) is 5.74. The van der Waals surface area contributed by atoms with Crippen molar-refractivity contribution in [1.82, 2.24) is 9.88 Å². The second kappa shape index (κ2) is 11.7. The Hall–Kier alpha value is -3.37. The molecule has 0 amide bonds. The first-order valence-electron chi connectivity index (χ1n) is 14.0. The fourth-order valence-electron chi connectivity index (χ4n) is 5.95. The molecule has 0 bridgehead atoms. The summed E-state index contributed by atoms with van der Waals surface area (Å²) in [5.41, 5.74) is 2.16. The van der Waals surface area contributed by atoms with Crippen LogP contribution >= 0.6 is 0 Å². The molecule has 3 aromatic rings. The molecular formula is C32H34F4N2O3S. The minimum atomic E-state index is -5.79. The number of rotatable bonds is 9. The summed E-state index contributed by atoms with van der Waals surface area (Å²) >= 11 is 0. The Morgan fingerprint density at radius 1 is 1.14 bits per heavy atom. The third-order valence-corrected chi connectivity index (χ3v) is 8.87. The molecule has 0 spiro atoms. The largest absolute Gasteiger partial charge is 0.534 e. The average molecular weight is 603 g/mol. The van der Waals surface area contributed by atoms with Crippen molar-refractivity contribution in [2.24, 2.45) is 11.8 Å². The molecule has 0 radical (unpaired) electrons. The summed E-state index contributed by atoms with van der Waals surface area (Å²) in [6.45, 7) is 10.0. The Balaban J connectivity index is 1.60. The zero-order chi connectivity index (χ0) is 30.2. The van der Waals surface area contributed by atoms with Crippen molar-refractivity contribution >= 4 is 26.6 Å². The molecule has 1 fully saturated rings. The summed E-state index contributed by atoms with van der Waals surface area (Å²) in [4.78, 5) is 5.66. The summed E-state index contributed by atoms with van der Waals surface area (Å²) in [7, 11) is -5.79. The molecule has 42 heavy (non-hydrogen) atoms. The van der Waals surface area contributed by atoms with Gasteiger partial charge in [0, 0.05) is 42.1 Å². The Kier molecular flexibility index (Phi) is 8.40. The lowest BCUT2D eigenvalue weighted by Gasteiger charge is -2.37. The lowest BCUT2D eigenvalue weighted by atomic mass is 9.83. The smallest absolute Gasteiger partial charge is 0.376 e. The van der Waals surface area contributed by atoms with Gasteiger partial charge in [-0.1, -0.05) is 44.7 Å². The highest BCUT2D eigenvalue weighted by molar-refractivity contribution is 7.88. The molecule has 5 nitrogen and oxygen atoms in total. The lowest BCUT2D eigenvalue weighted by molar-refractivity contribution is -0.0500. The van der Waals surface area contributed by atoms with Gasteiger partial charge in [-0.05, 0) is 88.9 Å². The maximum absolute atomic E-state index is 13.0. The average Bonchev–Trinajstić information content (AvgIpc) is 3.20. The molecule has 2 heterocycles. The minimum absolute atomic E-state index is 0.111. The second-order valence-electron chi connectivity index (χ2n) is 11.3. The summed E-state index contributed by atoms with van der Waals surface area (Å²) < 4.78 is 79.7. The number of hydrogen-bond acceptors (Lipinski definition) is 4. The number of aromatic amines is 1. The van der Waals surface area contributed by atoms with E-state index < -0.39 is 15.6 Å². The normalized spacial score (nSPS) is 17.4. The maximum Gasteiger partial charge on any atom is 0.534 e. The minimum Gasteiger partial charge on any atom is -0.376 e. The van der Waals surface area contributed by atoms with Crippen LogP contribution < -0.4 is 4.18 Å². The molecule has 2 aliphatic rings. The number of fused-ring (bicyclic) bond motifs is 2. The third kappa shape index (κ3) is 6.06. The first-order valence-corrected chi connectivity index (χ1v) is 15.4. The fraction of sp³-hybridized carbons (Fsp3) is 0.375. The van der Waals surface area contributed by atoms with Crippen LogP contribution in [0.3, 0.4) is 0 Å². The van der Waals surface area contributed by atoms with E-state index in [2.05, 4.69) is 46.6 Å². The van der Waals surface area contributed by atoms with E-state index in [1.807, 2.05) is 18.2 Å². The van der Waals surface area contributed by atoms with Gasteiger partial charge >= 0.3 is 15.6 Å². The standard InChI is InChI=1S/C32H34F4N2O3S/c1-4-6-27(20(2)3)29-8-5-7-22-15-26(41-42(39,40)32(34,35)36)10-11-28(22)31(29)23-9-12-30-24(13-23)14-25(37-30)19-38-17-21(16-33)18-38/h4,6,9-15,20-21,37H,1,5,7-8,16-19H2,2-3H3/b27-6+. The molecule has 1 saturated heterocycles.